The molecule has 2 N–H and O–H groups in total. The molecule has 2 rings (SSSR count). The Morgan fingerprint density at radius 1 is 1.52 bits per heavy atom. The van der Waals surface area contributed by atoms with Crippen LogP contribution in [0.5, 0.6) is 0 Å². The normalized spacial score (nSPS) is 14.7. The van der Waals surface area contributed by atoms with Crippen LogP contribution in [0.3, 0.4) is 0 Å². The zero-order valence-corrected chi connectivity index (χ0v) is 14.9. The Hall–Kier alpha value is -1.69. The number of nitrogens with zero attached hydrogens (tertiary/aromatic N) is 3. The number of aryl methyl sites for hydroxylation is 1. The Labute approximate surface area is 142 Å². The molecule has 1 aromatic heterocycles. The number of guanidine groups is 1. The van der Waals surface area contributed by atoms with E-state index in [9.17, 15) is 4.79 Å². The van der Waals surface area contributed by atoms with Gasteiger partial charge in [0.25, 0.3) is 0 Å². The second-order valence-corrected chi connectivity index (χ2v) is 6.47. The van der Waals surface area contributed by atoms with Gasteiger partial charge in [0, 0.05) is 52.0 Å². The molecule has 0 atom stereocenters. The van der Waals surface area contributed by atoms with Crippen LogP contribution < -0.4 is 10.6 Å². The van der Waals surface area contributed by atoms with Gasteiger partial charge < -0.3 is 20.1 Å². The van der Waals surface area contributed by atoms with Gasteiger partial charge in [-0.15, -0.1) is 0 Å². The summed E-state index contributed by atoms with van der Waals surface area (Å²) in [5, 5.41) is 7.03. The first-order chi connectivity index (χ1) is 11.0. The van der Waals surface area contributed by atoms with Gasteiger partial charge in [-0.2, -0.15) is 0 Å². The average Bonchev–Trinajstić information content (AvgIpc) is 3.24. The molecule has 7 heteroatoms. The van der Waals surface area contributed by atoms with Crippen molar-refractivity contribution >= 4 is 23.5 Å². The molecule has 6 nitrogen and oxygen atoms in total. The van der Waals surface area contributed by atoms with Gasteiger partial charge in [-0.25, -0.2) is 0 Å². The van der Waals surface area contributed by atoms with Crippen LogP contribution >= 0.6 is 11.6 Å². The number of aliphatic imine (C=N–C) groups is 1. The van der Waals surface area contributed by atoms with E-state index in [4.69, 9.17) is 11.6 Å². The number of hydrogen-bond donors (Lipinski definition) is 2. The van der Waals surface area contributed by atoms with Gasteiger partial charge >= 0.3 is 0 Å². The lowest BCUT2D eigenvalue weighted by atomic mass is 10.3. The molecule has 0 saturated heterocycles. The summed E-state index contributed by atoms with van der Waals surface area (Å²) in [5.41, 5.74) is 1.12. The quantitative estimate of drug-likeness (QED) is 0.452. The highest BCUT2D eigenvalue weighted by molar-refractivity contribution is 6.30. The monoisotopic (exact) mass is 339 g/mol. The Bertz CT molecular complexity index is 565. The number of hydrogen-bond acceptors (Lipinski definition) is 2. The predicted molar refractivity (Wildman–Crippen MR) is 93.7 cm³/mol. The first kappa shape index (κ1) is 17.7. The van der Waals surface area contributed by atoms with Crippen LogP contribution in [0.2, 0.25) is 5.02 Å². The van der Waals surface area contributed by atoms with Gasteiger partial charge in [-0.3, -0.25) is 9.79 Å². The van der Waals surface area contributed by atoms with Crippen LogP contribution in [-0.4, -0.2) is 48.0 Å². The van der Waals surface area contributed by atoms with Gasteiger partial charge in [0.2, 0.25) is 5.91 Å². The molecular weight excluding hydrogens is 314 g/mol. The molecule has 1 fully saturated rings. The van der Waals surface area contributed by atoms with Crippen molar-refractivity contribution in [1.82, 2.24) is 20.1 Å². The third kappa shape index (κ3) is 5.78. The molecule has 1 aliphatic carbocycles. The summed E-state index contributed by atoms with van der Waals surface area (Å²) in [6, 6.07) is 2.39. The summed E-state index contributed by atoms with van der Waals surface area (Å²) in [4.78, 5) is 17.9. The lowest BCUT2D eigenvalue weighted by molar-refractivity contribution is -0.121. The highest BCUT2D eigenvalue weighted by atomic mass is 35.5. The number of amides is 1. The van der Waals surface area contributed by atoms with Gasteiger partial charge in [0.15, 0.2) is 5.96 Å². The van der Waals surface area contributed by atoms with Crippen molar-refractivity contribution in [2.45, 2.75) is 38.3 Å². The number of carbonyl (C=O) groups is 1. The van der Waals surface area contributed by atoms with E-state index in [1.54, 1.807) is 7.05 Å². The van der Waals surface area contributed by atoms with Crippen molar-refractivity contribution in [3.63, 3.8) is 0 Å². The molecule has 1 aliphatic rings. The fourth-order valence-electron chi connectivity index (χ4n) is 2.40. The molecule has 23 heavy (non-hydrogen) atoms. The molecule has 1 amide bonds. The lowest BCUT2D eigenvalue weighted by Gasteiger charge is -2.22. The van der Waals surface area contributed by atoms with E-state index in [1.807, 2.05) is 35.8 Å². The molecule has 1 heterocycles. The first-order valence-electron chi connectivity index (χ1n) is 8.01. The van der Waals surface area contributed by atoms with Crippen molar-refractivity contribution in [2.75, 3.05) is 20.6 Å². The van der Waals surface area contributed by atoms with E-state index >= 15 is 0 Å². The largest absolute Gasteiger partial charge is 0.356 e. The second kappa shape index (κ2) is 8.24. The molecule has 128 valence electrons. The van der Waals surface area contributed by atoms with Crippen LogP contribution in [0.1, 0.15) is 31.4 Å². The average molecular weight is 340 g/mol. The maximum absolute atomic E-state index is 11.6. The smallest absolute Gasteiger partial charge is 0.220 e. The van der Waals surface area contributed by atoms with E-state index in [1.165, 1.54) is 0 Å². The number of halogens is 1. The molecule has 0 aromatic carbocycles. The Balaban J connectivity index is 1.71. The highest BCUT2D eigenvalue weighted by Gasteiger charge is 2.22. The van der Waals surface area contributed by atoms with Crippen molar-refractivity contribution in [3.05, 3.63) is 23.0 Å². The standard InChI is InChI=1S/C16H26ClN5O/c1-18-16(19-8-4-5-15(23)20-13-6-7-13)22(3)11-14-9-12(17)10-21(14)2/h9-10,13H,4-8,11H2,1-3H3,(H,18,19)(H,20,23). The fourth-order valence-corrected chi connectivity index (χ4v) is 2.67. The summed E-state index contributed by atoms with van der Waals surface area (Å²) in [6.45, 7) is 1.44. The topological polar surface area (TPSA) is 61.7 Å². The molecule has 0 bridgehead atoms. The molecule has 0 spiro atoms. The summed E-state index contributed by atoms with van der Waals surface area (Å²) in [7, 11) is 5.72. The van der Waals surface area contributed by atoms with Crippen molar-refractivity contribution in [2.24, 2.45) is 12.0 Å². The Kier molecular flexibility index (Phi) is 6.33. The number of nitrogens with one attached hydrogen (secondary N) is 2. The second-order valence-electron chi connectivity index (χ2n) is 6.04. The number of rotatable bonds is 7. The third-order valence-electron chi connectivity index (χ3n) is 3.85. The van der Waals surface area contributed by atoms with Crippen LogP contribution in [0.15, 0.2) is 17.3 Å². The van der Waals surface area contributed by atoms with E-state index in [0.29, 0.717) is 19.0 Å². The minimum absolute atomic E-state index is 0.149. The van der Waals surface area contributed by atoms with Gasteiger partial charge in [0.1, 0.15) is 0 Å². The SMILES string of the molecule is CN=C(NCCCC(=O)NC1CC1)N(C)Cc1cc(Cl)cn1C. The van der Waals surface area contributed by atoms with E-state index in [-0.39, 0.29) is 5.91 Å². The maximum atomic E-state index is 11.6. The van der Waals surface area contributed by atoms with Gasteiger partial charge in [-0.05, 0) is 25.3 Å². The van der Waals surface area contributed by atoms with E-state index < -0.39 is 0 Å². The fraction of sp³-hybridized carbons (Fsp3) is 0.625. The molecule has 0 radical (unpaired) electrons. The van der Waals surface area contributed by atoms with Crippen molar-refractivity contribution in [3.8, 4) is 0 Å². The molecule has 0 unspecified atom stereocenters. The van der Waals surface area contributed by atoms with E-state index in [2.05, 4.69) is 15.6 Å². The summed E-state index contributed by atoms with van der Waals surface area (Å²) >= 11 is 6.01. The number of aromatic nitrogens is 1. The van der Waals surface area contributed by atoms with Crippen LogP contribution in [0.4, 0.5) is 0 Å². The molecular formula is C16H26ClN5O. The zero-order chi connectivity index (χ0) is 16.8. The molecule has 1 aromatic rings. The van der Waals surface area contributed by atoms with Crippen LogP contribution in [-0.2, 0) is 18.4 Å². The highest BCUT2D eigenvalue weighted by Crippen LogP contribution is 2.18. The molecule has 0 aliphatic heterocycles. The minimum atomic E-state index is 0.149. The third-order valence-corrected chi connectivity index (χ3v) is 4.06. The first-order valence-corrected chi connectivity index (χ1v) is 8.39. The summed E-state index contributed by atoms with van der Waals surface area (Å²) in [6.07, 6.45) is 5.49. The van der Waals surface area contributed by atoms with Gasteiger partial charge in [-0.1, -0.05) is 11.6 Å². The Morgan fingerprint density at radius 2 is 2.26 bits per heavy atom. The summed E-state index contributed by atoms with van der Waals surface area (Å²) < 4.78 is 2.01. The van der Waals surface area contributed by atoms with Crippen molar-refractivity contribution in [1.29, 1.82) is 0 Å². The lowest BCUT2D eigenvalue weighted by Crippen LogP contribution is -2.39. The Morgan fingerprint density at radius 3 is 2.83 bits per heavy atom. The van der Waals surface area contributed by atoms with Gasteiger partial charge in [0.05, 0.1) is 11.6 Å². The van der Waals surface area contributed by atoms with Crippen molar-refractivity contribution < 1.29 is 4.79 Å². The predicted octanol–water partition coefficient (Wildman–Crippen LogP) is 1.74. The summed E-state index contributed by atoms with van der Waals surface area (Å²) in [5.74, 6) is 0.959. The zero-order valence-electron chi connectivity index (χ0n) is 14.1. The van der Waals surface area contributed by atoms with Crippen LogP contribution in [0, 0.1) is 0 Å². The van der Waals surface area contributed by atoms with E-state index in [0.717, 1.165) is 42.5 Å². The minimum Gasteiger partial charge on any atom is -0.356 e. The van der Waals surface area contributed by atoms with Crippen LogP contribution in [0.25, 0.3) is 0 Å². The number of carbonyl (C=O) groups excluding carboxylic acids is 1. The maximum Gasteiger partial charge on any atom is 0.220 e. The molecule has 1 saturated carbocycles.